The number of esters is 1. The van der Waals surface area contributed by atoms with Crippen molar-refractivity contribution in [3.05, 3.63) is 90.2 Å². The van der Waals surface area contributed by atoms with Crippen molar-refractivity contribution in [2.45, 2.75) is 64.7 Å². The Kier molecular flexibility index (Phi) is 12.7. The number of hydrogen-bond donors (Lipinski definition) is 3. The Hall–Kier alpha value is -5.63. The summed E-state index contributed by atoms with van der Waals surface area (Å²) in [4.78, 5) is 75.2. The van der Waals surface area contributed by atoms with Crippen molar-refractivity contribution in [2.24, 2.45) is 11.8 Å². The molecule has 2 aliphatic rings. The Bertz CT molecular complexity index is 1880. The zero-order valence-corrected chi connectivity index (χ0v) is 29.3. The number of pyridine rings is 1. The first kappa shape index (κ1) is 37.6. The van der Waals surface area contributed by atoms with E-state index in [9.17, 15) is 29.1 Å². The van der Waals surface area contributed by atoms with Gasteiger partial charge in [-0.25, -0.2) is 19.6 Å². The van der Waals surface area contributed by atoms with Crippen LogP contribution < -0.4 is 10.6 Å². The van der Waals surface area contributed by atoms with Crippen LogP contribution in [0.4, 0.5) is 10.6 Å². The van der Waals surface area contributed by atoms with Crippen LogP contribution >= 0.6 is 0 Å². The lowest BCUT2D eigenvalue weighted by atomic mass is 9.93. The normalized spacial score (nSPS) is 25.2. The third kappa shape index (κ3) is 10.2. The summed E-state index contributed by atoms with van der Waals surface area (Å²) in [6.45, 7) is 5.61. The number of nitrogens with zero attached hydrogens (tertiary/aromatic N) is 3. The van der Waals surface area contributed by atoms with Crippen molar-refractivity contribution >= 4 is 46.4 Å². The standard InChI is InChI=1S/C38H43N5O9/c1-23-8-6-16-39-33(46)15-12-24(2)35(25(3)21-51-38(49)42-32-14-13-26-9-4-5-10-29(26)40-32)52-37(48)31-11-7-17-43(31)36(47)30-22-50-34(41-30)20-28(45)19-27(44)18-23/h4-6,8-10,12-15,18,22,24-25,27,31,35,44H,7,11,16-17,19-21H2,1-3H3,(H,39,46)(H,40,42,49)/b8-6+,15-12+,23-18+. The molecule has 2 aliphatic heterocycles. The minimum atomic E-state index is -1.05. The number of para-hydroxylation sites is 1. The maximum absolute atomic E-state index is 13.7. The van der Waals surface area contributed by atoms with Gasteiger partial charge in [0.25, 0.3) is 5.91 Å². The molecule has 0 spiro atoms. The summed E-state index contributed by atoms with van der Waals surface area (Å²) in [5, 5.41) is 16.7. The summed E-state index contributed by atoms with van der Waals surface area (Å²) in [7, 11) is 0. The number of anilines is 1. The minimum absolute atomic E-state index is 0.0172. The van der Waals surface area contributed by atoms with Gasteiger partial charge in [0, 0.05) is 36.7 Å². The first-order valence-electron chi connectivity index (χ1n) is 17.2. The lowest BCUT2D eigenvalue weighted by Gasteiger charge is -2.30. The number of amides is 3. The monoisotopic (exact) mass is 713 g/mol. The summed E-state index contributed by atoms with van der Waals surface area (Å²) in [5.41, 5.74) is 1.33. The molecular weight excluding hydrogens is 670 g/mol. The van der Waals surface area contributed by atoms with Gasteiger partial charge in [0.2, 0.25) is 11.8 Å². The molecule has 0 aliphatic carbocycles. The summed E-state index contributed by atoms with van der Waals surface area (Å²) >= 11 is 0. The highest BCUT2D eigenvalue weighted by Crippen LogP contribution is 2.26. The second kappa shape index (κ2) is 17.5. The largest absolute Gasteiger partial charge is 0.460 e. The SMILES string of the molecule is CC1=C\C(O)CC(=O)Cc2nc(co2)C(=O)N2CCCC2C(=O)OC(C(C)COC(=O)Nc2ccc3ccccc3n2)C(C)/C=C/C(=O)NC\C=C\1. The molecule has 3 N–H and O–H groups in total. The third-order valence-corrected chi connectivity index (χ3v) is 8.76. The highest BCUT2D eigenvalue weighted by molar-refractivity contribution is 5.95. The number of carbonyl (C=O) groups is 5. The summed E-state index contributed by atoms with van der Waals surface area (Å²) in [6.07, 6.45) is 6.84. The van der Waals surface area contributed by atoms with E-state index in [1.165, 1.54) is 17.1 Å². The number of ketones is 1. The average Bonchev–Trinajstić information content (AvgIpc) is 3.80. The van der Waals surface area contributed by atoms with Gasteiger partial charge in [0.05, 0.1) is 24.6 Å². The molecular formula is C38H43N5O9. The second-order valence-corrected chi connectivity index (χ2v) is 13.0. The molecule has 14 heteroatoms. The molecule has 3 aromatic rings. The predicted octanol–water partition coefficient (Wildman–Crippen LogP) is 4.31. The fourth-order valence-corrected chi connectivity index (χ4v) is 6.13. The van der Waals surface area contributed by atoms with Crippen LogP contribution in [-0.2, 0) is 30.3 Å². The van der Waals surface area contributed by atoms with Gasteiger partial charge in [0.15, 0.2) is 5.69 Å². The molecule has 0 radical (unpaired) electrons. The second-order valence-electron chi connectivity index (χ2n) is 13.0. The maximum Gasteiger partial charge on any atom is 0.412 e. The predicted molar refractivity (Wildman–Crippen MR) is 190 cm³/mol. The molecule has 52 heavy (non-hydrogen) atoms. The van der Waals surface area contributed by atoms with Crippen molar-refractivity contribution in [1.29, 1.82) is 0 Å². The van der Waals surface area contributed by atoms with E-state index in [0.717, 1.165) is 11.6 Å². The number of cyclic esters (lactones) is 1. The topological polar surface area (TPSA) is 190 Å². The van der Waals surface area contributed by atoms with E-state index >= 15 is 0 Å². The van der Waals surface area contributed by atoms with Crippen LogP contribution in [0, 0.1) is 11.8 Å². The number of ether oxygens (including phenoxy) is 2. The molecule has 274 valence electrons. The molecule has 5 atom stereocenters. The Morgan fingerprint density at radius 2 is 1.94 bits per heavy atom. The highest BCUT2D eigenvalue weighted by Gasteiger charge is 2.39. The fraction of sp³-hybridized carbons (Fsp3) is 0.395. The van der Waals surface area contributed by atoms with E-state index in [2.05, 4.69) is 20.6 Å². The van der Waals surface area contributed by atoms with Crippen LogP contribution in [-0.4, -0.2) is 87.6 Å². The number of allylic oxidation sites excluding steroid dienone is 2. The lowest BCUT2D eigenvalue weighted by molar-refractivity contribution is -0.159. The molecule has 2 aromatic heterocycles. The Morgan fingerprint density at radius 1 is 1.13 bits per heavy atom. The van der Waals surface area contributed by atoms with Gasteiger partial charge >= 0.3 is 12.1 Å². The number of nitrogens with one attached hydrogen (secondary N) is 2. The molecule has 2 bridgehead atoms. The van der Waals surface area contributed by atoms with E-state index in [0.29, 0.717) is 29.7 Å². The van der Waals surface area contributed by atoms with Crippen LogP contribution in [0.25, 0.3) is 10.9 Å². The number of rotatable bonds is 4. The van der Waals surface area contributed by atoms with Crippen LogP contribution in [0.1, 0.15) is 56.4 Å². The molecule has 14 nitrogen and oxygen atoms in total. The maximum atomic E-state index is 13.7. The van der Waals surface area contributed by atoms with Gasteiger partial charge in [-0.1, -0.05) is 61.9 Å². The van der Waals surface area contributed by atoms with Gasteiger partial charge in [0.1, 0.15) is 30.0 Å². The van der Waals surface area contributed by atoms with E-state index < -0.39 is 54.0 Å². The number of oxazole rings is 1. The number of hydrogen-bond acceptors (Lipinski definition) is 11. The molecule has 1 aromatic carbocycles. The van der Waals surface area contributed by atoms with E-state index in [4.69, 9.17) is 13.9 Å². The summed E-state index contributed by atoms with van der Waals surface area (Å²) in [5.74, 6) is -2.67. The molecule has 4 heterocycles. The number of Topliss-reactive ketones (excluding diaryl/α,β-unsaturated/α-hetero) is 1. The number of aliphatic hydroxyl groups is 1. The third-order valence-electron chi connectivity index (χ3n) is 8.76. The number of fused-ring (bicyclic) bond motifs is 4. The Labute approximate surface area is 301 Å². The summed E-state index contributed by atoms with van der Waals surface area (Å²) < 4.78 is 17.0. The number of carbonyl (C=O) groups excluding carboxylic acids is 5. The van der Waals surface area contributed by atoms with Crippen molar-refractivity contribution in [3.63, 3.8) is 0 Å². The van der Waals surface area contributed by atoms with Gasteiger partial charge in [-0.05, 0) is 44.0 Å². The number of benzene rings is 1. The van der Waals surface area contributed by atoms with E-state index in [1.54, 1.807) is 45.1 Å². The Balaban J connectivity index is 1.32. The van der Waals surface area contributed by atoms with Crippen molar-refractivity contribution in [2.75, 3.05) is 25.0 Å². The summed E-state index contributed by atoms with van der Waals surface area (Å²) in [6, 6.07) is 10.0. The molecule has 1 fully saturated rings. The van der Waals surface area contributed by atoms with Crippen molar-refractivity contribution in [1.82, 2.24) is 20.2 Å². The lowest BCUT2D eigenvalue weighted by Crippen LogP contribution is -2.44. The fourth-order valence-electron chi connectivity index (χ4n) is 6.13. The van der Waals surface area contributed by atoms with E-state index in [1.807, 2.05) is 30.3 Å². The first-order chi connectivity index (χ1) is 25.0. The highest BCUT2D eigenvalue weighted by atomic mass is 16.6. The molecule has 3 amide bonds. The number of aliphatic hydroxyl groups excluding tert-OH is 1. The average molecular weight is 714 g/mol. The van der Waals surface area contributed by atoms with Crippen LogP contribution in [0.2, 0.25) is 0 Å². The molecule has 0 saturated carbocycles. The molecule has 5 unspecified atom stereocenters. The zero-order chi connectivity index (χ0) is 37.2. The first-order valence-corrected chi connectivity index (χ1v) is 17.2. The minimum Gasteiger partial charge on any atom is -0.460 e. The molecule has 1 saturated heterocycles. The van der Waals surface area contributed by atoms with Crippen molar-refractivity contribution < 1.29 is 43.0 Å². The zero-order valence-electron chi connectivity index (χ0n) is 29.3. The smallest absolute Gasteiger partial charge is 0.412 e. The Morgan fingerprint density at radius 3 is 2.77 bits per heavy atom. The van der Waals surface area contributed by atoms with Gasteiger partial charge in [-0.15, -0.1) is 0 Å². The quantitative estimate of drug-likeness (QED) is 0.327. The van der Waals surface area contributed by atoms with Gasteiger partial charge in [-0.2, -0.15) is 0 Å². The van der Waals surface area contributed by atoms with Gasteiger partial charge in [-0.3, -0.25) is 19.7 Å². The van der Waals surface area contributed by atoms with Crippen LogP contribution in [0.15, 0.2) is 83.0 Å². The van der Waals surface area contributed by atoms with Crippen LogP contribution in [0.5, 0.6) is 0 Å². The van der Waals surface area contributed by atoms with Crippen molar-refractivity contribution in [3.8, 4) is 0 Å². The number of aromatic nitrogens is 2. The molecule has 5 rings (SSSR count). The van der Waals surface area contributed by atoms with Crippen LogP contribution in [0.3, 0.4) is 0 Å². The van der Waals surface area contributed by atoms with E-state index in [-0.39, 0.29) is 49.9 Å². The van der Waals surface area contributed by atoms with Gasteiger partial charge < -0.3 is 29.2 Å².